The van der Waals surface area contributed by atoms with Crippen molar-refractivity contribution in [2.75, 3.05) is 5.32 Å². The van der Waals surface area contributed by atoms with Gasteiger partial charge in [0.25, 0.3) is 0 Å². The minimum atomic E-state index is -1.03. The van der Waals surface area contributed by atoms with Gasteiger partial charge in [0.1, 0.15) is 11.3 Å². The first-order valence-electron chi connectivity index (χ1n) is 10.5. The number of fused-ring (bicyclic) bond motifs is 1. The van der Waals surface area contributed by atoms with Gasteiger partial charge in [0.05, 0.1) is 28.6 Å². The average molecular weight is 438 g/mol. The number of rotatable bonds is 5. The third kappa shape index (κ3) is 3.97. The molecule has 0 aliphatic carbocycles. The summed E-state index contributed by atoms with van der Waals surface area (Å²) in [7, 11) is 0. The van der Waals surface area contributed by atoms with Crippen LogP contribution in [0.1, 0.15) is 45.6 Å². The van der Waals surface area contributed by atoms with Crippen LogP contribution >= 0.6 is 0 Å². The first-order chi connectivity index (χ1) is 15.8. The SMILES string of the molecule is Cc1cc(C(C)Nc2ccccc2C(=O)O)c2oc(-c3ccccc3C#N)c(C)c(=O)c2c1. The summed E-state index contributed by atoms with van der Waals surface area (Å²) in [5.41, 5.74) is 3.87. The summed E-state index contributed by atoms with van der Waals surface area (Å²) in [4.78, 5) is 24.9. The van der Waals surface area contributed by atoms with Gasteiger partial charge in [-0.1, -0.05) is 30.3 Å². The second-order valence-electron chi connectivity index (χ2n) is 7.99. The molecule has 0 saturated heterocycles. The summed E-state index contributed by atoms with van der Waals surface area (Å²) in [5, 5.41) is 22.8. The molecule has 0 aliphatic heterocycles. The fraction of sp³-hybridized carbons (Fsp3) is 0.148. The highest BCUT2D eigenvalue weighted by atomic mass is 16.4. The van der Waals surface area contributed by atoms with Gasteiger partial charge in [0.15, 0.2) is 5.43 Å². The molecule has 1 aromatic heterocycles. The summed E-state index contributed by atoms with van der Waals surface area (Å²) < 4.78 is 6.32. The Morgan fingerprint density at radius 2 is 1.79 bits per heavy atom. The van der Waals surface area contributed by atoms with Gasteiger partial charge in [-0.3, -0.25) is 4.79 Å². The maximum atomic E-state index is 13.3. The number of aromatic carboxylic acids is 1. The van der Waals surface area contributed by atoms with Crippen molar-refractivity contribution in [2.45, 2.75) is 26.8 Å². The Hall–Kier alpha value is -4.37. The Morgan fingerprint density at radius 1 is 1.09 bits per heavy atom. The molecule has 4 aromatic rings. The lowest BCUT2D eigenvalue weighted by Crippen LogP contribution is -2.14. The molecule has 3 aromatic carbocycles. The van der Waals surface area contributed by atoms with Crippen LogP contribution in [0, 0.1) is 25.2 Å². The molecule has 6 nitrogen and oxygen atoms in total. The molecule has 0 bridgehead atoms. The number of benzene rings is 3. The molecular formula is C27H22N2O4. The molecule has 4 rings (SSSR count). The third-order valence-corrected chi connectivity index (χ3v) is 5.68. The Balaban J connectivity index is 1.93. The molecule has 164 valence electrons. The second kappa shape index (κ2) is 8.64. The zero-order chi connectivity index (χ0) is 23.7. The van der Waals surface area contributed by atoms with Crippen molar-refractivity contribution in [1.29, 1.82) is 5.26 Å². The largest absolute Gasteiger partial charge is 0.478 e. The van der Waals surface area contributed by atoms with Crippen LogP contribution in [0.5, 0.6) is 0 Å². The van der Waals surface area contributed by atoms with Gasteiger partial charge in [-0.05, 0) is 56.7 Å². The van der Waals surface area contributed by atoms with E-state index in [2.05, 4.69) is 11.4 Å². The van der Waals surface area contributed by atoms with Crippen molar-refractivity contribution in [3.63, 3.8) is 0 Å². The fourth-order valence-electron chi connectivity index (χ4n) is 4.03. The van der Waals surface area contributed by atoms with Crippen molar-refractivity contribution in [1.82, 2.24) is 0 Å². The number of anilines is 1. The van der Waals surface area contributed by atoms with Gasteiger partial charge >= 0.3 is 5.97 Å². The number of carboxylic acid groups (broad SMARTS) is 1. The van der Waals surface area contributed by atoms with E-state index in [-0.39, 0.29) is 17.0 Å². The lowest BCUT2D eigenvalue weighted by atomic mass is 9.97. The number of aryl methyl sites for hydroxylation is 1. The molecule has 6 heteroatoms. The lowest BCUT2D eigenvalue weighted by molar-refractivity contribution is 0.0698. The zero-order valence-corrected chi connectivity index (χ0v) is 18.5. The van der Waals surface area contributed by atoms with Crippen molar-refractivity contribution in [2.24, 2.45) is 0 Å². The number of carbonyl (C=O) groups is 1. The summed E-state index contributed by atoms with van der Waals surface area (Å²) in [6, 6.07) is 19.2. The molecule has 33 heavy (non-hydrogen) atoms. The van der Waals surface area contributed by atoms with Gasteiger partial charge in [0, 0.05) is 22.4 Å². The van der Waals surface area contributed by atoms with Crippen LogP contribution in [0.25, 0.3) is 22.3 Å². The standard InChI is InChI=1S/C27H22N2O4/c1-15-12-21(17(3)29-23-11-7-6-10-20(23)27(31)32)26-22(13-15)24(30)16(2)25(33-26)19-9-5-4-8-18(19)14-28/h4-13,17,29H,1-3H3,(H,31,32). The summed E-state index contributed by atoms with van der Waals surface area (Å²) in [5.74, 6) is -0.676. The van der Waals surface area contributed by atoms with Crippen molar-refractivity contribution < 1.29 is 14.3 Å². The number of nitrogens with zero attached hydrogens (tertiary/aromatic N) is 1. The van der Waals surface area contributed by atoms with E-state index < -0.39 is 5.97 Å². The highest BCUT2D eigenvalue weighted by molar-refractivity contribution is 5.94. The minimum Gasteiger partial charge on any atom is -0.478 e. The van der Waals surface area contributed by atoms with E-state index >= 15 is 0 Å². The molecule has 0 aliphatic rings. The maximum Gasteiger partial charge on any atom is 0.337 e. The van der Waals surface area contributed by atoms with Crippen molar-refractivity contribution in [3.8, 4) is 17.4 Å². The zero-order valence-electron chi connectivity index (χ0n) is 18.5. The highest BCUT2D eigenvalue weighted by Crippen LogP contribution is 2.33. The molecule has 0 spiro atoms. The van der Waals surface area contributed by atoms with Gasteiger partial charge < -0.3 is 14.8 Å². The van der Waals surface area contributed by atoms with E-state index in [1.165, 1.54) is 6.07 Å². The van der Waals surface area contributed by atoms with Gasteiger partial charge in [0.2, 0.25) is 0 Å². The molecule has 0 amide bonds. The van der Waals surface area contributed by atoms with E-state index in [1.807, 2.05) is 19.9 Å². The molecule has 2 N–H and O–H groups in total. The molecular weight excluding hydrogens is 416 g/mol. The van der Waals surface area contributed by atoms with Crippen LogP contribution in [0.2, 0.25) is 0 Å². The summed E-state index contributed by atoms with van der Waals surface area (Å²) in [6.45, 7) is 5.48. The van der Waals surface area contributed by atoms with Crippen LogP contribution in [-0.2, 0) is 0 Å². The number of nitriles is 1. The Kier molecular flexibility index (Phi) is 5.72. The van der Waals surface area contributed by atoms with Gasteiger partial charge in [-0.2, -0.15) is 5.26 Å². The van der Waals surface area contributed by atoms with Crippen LogP contribution in [0.4, 0.5) is 5.69 Å². The number of hydrogen-bond donors (Lipinski definition) is 2. The second-order valence-corrected chi connectivity index (χ2v) is 7.99. The number of para-hydroxylation sites is 1. The Labute approximate surface area is 190 Å². The smallest absolute Gasteiger partial charge is 0.337 e. The molecule has 0 fully saturated rings. The van der Waals surface area contributed by atoms with E-state index in [0.717, 1.165) is 11.1 Å². The monoisotopic (exact) mass is 438 g/mol. The van der Waals surface area contributed by atoms with Gasteiger partial charge in [-0.15, -0.1) is 0 Å². The molecule has 1 atom stereocenters. The highest BCUT2D eigenvalue weighted by Gasteiger charge is 2.21. The predicted molar refractivity (Wildman–Crippen MR) is 128 cm³/mol. The predicted octanol–water partition coefficient (Wildman–Crippen LogP) is 5.82. The van der Waals surface area contributed by atoms with Crippen molar-refractivity contribution >= 4 is 22.6 Å². The number of hydrogen-bond acceptors (Lipinski definition) is 5. The molecule has 0 radical (unpaired) electrons. The average Bonchev–Trinajstić information content (AvgIpc) is 2.81. The van der Waals surface area contributed by atoms with Gasteiger partial charge in [-0.25, -0.2) is 4.79 Å². The molecule has 0 saturated carbocycles. The first-order valence-corrected chi connectivity index (χ1v) is 10.5. The van der Waals surface area contributed by atoms with E-state index in [9.17, 15) is 20.0 Å². The summed E-state index contributed by atoms with van der Waals surface area (Å²) in [6.07, 6.45) is 0. The minimum absolute atomic E-state index is 0.155. The Bertz CT molecular complexity index is 1490. The number of nitrogens with one attached hydrogen (secondary N) is 1. The number of carboxylic acids is 1. The van der Waals surface area contributed by atoms with Crippen LogP contribution < -0.4 is 10.7 Å². The fourth-order valence-corrected chi connectivity index (χ4v) is 4.03. The van der Waals surface area contributed by atoms with Crippen LogP contribution in [0.15, 0.2) is 69.9 Å². The Morgan fingerprint density at radius 3 is 2.52 bits per heavy atom. The third-order valence-electron chi connectivity index (χ3n) is 5.68. The first kappa shape index (κ1) is 21.8. The van der Waals surface area contributed by atoms with Crippen LogP contribution in [-0.4, -0.2) is 11.1 Å². The molecule has 1 unspecified atom stereocenters. The van der Waals surface area contributed by atoms with Crippen molar-refractivity contribution in [3.05, 3.63) is 98.7 Å². The van der Waals surface area contributed by atoms with E-state index in [0.29, 0.717) is 39.1 Å². The topological polar surface area (TPSA) is 103 Å². The molecule has 1 heterocycles. The summed E-state index contributed by atoms with van der Waals surface area (Å²) >= 11 is 0. The quantitative estimate of drug-likeness (QED) is 0.407. The van der Waals surface area contributed by atoms with Crippen LogP contribution in [0.3, 0.4) is 0 Å². The normalized spacial score (nSPS) is 11.7. The van der Waals surface area contributed by atoms with E-state index in [4.69, 9.17) is 4.42 Å². The maximum absolute atomic E-state index is 13.3. The lowest BCUT2D eigenvalue weighted by Gasteiger charge is -2.20. The van der Waals surface area contributed by atoms with E-state index in [1.54, 1.807) is 55.5 Å².